The second kappa shape index (κ2) is 6.92. The maximum Gasteiger partial charge on any atom is 0.242 e. The van der Waals surface area contributed by atoms with Crippen LogP contribution in [0.5, 0.6) is 5.88 Å². The highest BCUT2D eigenvalue weighted by Crippen LogP contribution is 2.28. The highest BCUT2D eigenvalue weighted by atomic mass is 16.5. The number of nitrogens with one attached hydrogen (secondary N) is 1. The Balaban J connectivity index is 2.11. The number of anilines is 2. The molecular weight excluding hydrogens is 264 g/mol. The summed E-state index contributed by atoms with van der Waals surface area (Å²) in [5.74, 6) is 1.44. The summed E-state index contributed by atoms with van der Waals surface area (Å²) in [5.41, 5.74) is 7.70. The molecule has 2 rings (SSSR count). The molecule has 0 aliphatic rings. The summed E-state index contributed by atoms with van der Waals surface area (Å²) in [6.45, 7) is 6.79. The molecular formula is C16H22N4O. The molecule has 3 N–H and O–H groups in total. The monoisotopic (exact) mass is 286 g/mol. The van der Waals surface area contributed by atoms with Crippen LogP contribution in [-0.2, 0) is 0 Å². The van der Waals surface area contributed by atoms with Crippen molar-refractivity contribution < 1.29 is 4.74 Å². The Morgan fingerprint density at radius 1 is 1.14 bits per heavy atom. The summed E-state index contributed by atoms with van der Waals surface area (Å²) in [7, 11) is 0. The third-order valence-electron chi connectivity index (χ3n) is 3.05. The number of hydrogen-bond acceptors (Lipinski definition) is 5. The first-order chi connectivity index (χ1) is 10.1. The van der Waals surface area contributed by atoms with Gasteiger partial charge >= 0.3 is 0 Å². The summed E-state index contributed by atoms with van der Waals surface area (Å²) in [6, 6.07) is 10.2. The largest absolute Gasteiger partial charge is 0.476 e. The van der Waals surface area contributed by atoms with E-state index in [0.29, 0.717) is 29.9 Å². The quantitative estimate of drug-likeness (QED) is 0.852. The summed E-state index contributed by atoms with van der Waals surface area (Å²) < 4.78 is 5.61. The van der Waals surface area contributed by atoms with Crippen LogP contribution < -0.4 is 15.8 Å². The van der Waals surface area contributed by atoms with E-state index in [1.54, 1.807) is 0 Å². The molecule has 0 aliphatic carbocycles. The minimum atomic E-state index is 0.0985. The van der Waals surface area contributed by atoms with Crippen molar-refractivity contribution >= 4 is 11.5 Å². The first-order valence-electron chi connectivity index (χ1n) is 7.12. The molecule has 1 unspecified atom stereocenters. The molecule has 5 nitrogen and oxygen atoms in total. The molecule has 21 heavy (non-hydrogen) atoms. The van der Waals surface area contributed by atoms with Crippen LogP contribution in [0.25, 0.3) is 0 Å². The number of benzene rings is 1. The van der Waals surface area contributed by atoms with Crippen LogP contribution in [0.4, 0.5) is 11.5 Å². The van der Waals surface area contributed by atoms with Gasteiger partial charge in [0, 0.05) is 0 Å². The van der Waals surface area contributed by atoms with Crippen LogP contribution in [-0.4, -0.2) is 16.6 Å². The average Bonchev–Trinajstić information content (AvgIpc) is 2.49. The van der Waals surface area contributed by atoms with Crippen molar-refractivity contribution in [3.05, 3.63) is 42.2 Å². The van der Waals surface area contributed by atoms with E-state index in [1.165, 1.54) is 11.9 Å². The van der Waals surface area contributed by atoms with Gasteiger partial charge in [0.15, 0.2) is 5.82 Å². The predicted octanol–water partition coefficient (Wildman–Crippen LogP) is 3.27. The molecule has 0 saturated heterocycles. The SMILES string of the molecule is CC(C)COc1ncnc(NC(C)c2ccccc2)c1N. The summed E-state index contributed by atoms with van der Waals surface area (Å²) in [4.78, 5) is 8.30. The van der Waals surface area contributed by atoms with Gasteiger partial charge in [-0.05, 0) is 18.4 Å². The fourth-order valence-electron chi connectivity index (χ4n) is 1.89. The molecule has 0 aliphatic heterocycles. The molecule has 1 aromatic carbocycles. The lowest BCUT2D eigenvalue weighted by Crippen LogP contribution is -2.13. The second-order valence-corrected chi connectivity index (χ2v) is 5.42. The highest BCUT2D eigenvalue weighted by molar-refractivity contribution is 5.66. The third-order valence-corrected chi connectivity index (χ3v) is 3.05. The normalized spacial score (nSPS) is 12.2. The van der Waals surface area contributed by atoms with Crippen LogP contribution in [0.15, 0.2) is 36.7 Å². The van der Waals surface area contributed by atoms with Gasteiger partial charge in [-0.25, -0.2) is 4.98 Å². The Labute approximate surface area is 125 Å². The van der Waals surface area contributed by atoms with Gasteiger partial charge in [0.1, 0.15) is 12.0 Å². The molecule has 2 aromatic rings. The Morgan fingerprint density at radius 2 is 1.86 bits per heavy atom. The van der Waals surface area contributed by atoms with Crippen molar-refractivity contribution in [1.82, 2.24) is 9.97 Å². The molecule has 0 spiro atoms. The Hall–Kier alpha value is -2.30. The molecule has 5 heteroatoms. The van der Waals surface area contributed by atoms with E-state index >= 15 is 0 Å². The molecule has 1 atom stereocenters. The third kappa shape index (κ3) is 4.08. The topological polar surface area (TPSA) is 73.1 Å². The zero-order valence-electron chi connectivity index (χ0n) is 12.7. The molecule has 1 aromatic heterocycles. The smallest absolute Gasteiger partial charge is 0.242 e. The molecule has 0 radical (unpaired) electrons. The number of ether oxygens (including phenoxy) is 1. The molecule has 0 saturated carbocycles. The van der Waals surface area contributed by atoms with Crippen LogP contribution in [0.3, 0.4) is 0 Å². The Kier molecular flexibility index (Phi) is 4.98. The standard InChI is InChI=1S/C16H22N4O/c1-11(2)9-21-16-14(17)15(18-10-19-16)20-12(3)13-7-5-4-6-8-13/h4-8,10-12H,9,17H2,1-3H3,(H,18,19,20). The van der Waals surface area contributed by atoms with Crippen LogP contribution in [0, 0.1) is 5.92 Å². The van der Waals surface area contributed by atoms with E-state index < -0.39 is 0 Å². The number of aromatic nitrogens is 2. The van der Waals surface area contributed by atoms with Gasteiger partial charge < -0.3 is 15.8 Å². The minimum Gasteiger partial charge on any atom is -0.476 e. The lowest BCUT2D eigenvalue weighted by molar-refractivity contribution is 0.262. The van der Waals surface area contributed by atoms with E-state index in [1.807, 2.05) is 18.2 Å². The summed E-state index contributed by atoms with van der Waals surface area (Å²) in [6.07, 6.45) is 1.46. The summed E-state index contributed by atoms with van der Waals surface area (Å²) >= 11 is 0. The van der Waals surface area contributed by atoms with Gasteiger partial charge in [-0.3, -0.25) is 0 Å². The van der Waals surface area contributed by atoms with E-state index in [9.17, 15) is 0 Å². The molecule has 0 fully saturated rings. The molecule has 1 heterocycles. The lowest BCUT2D eigenvalue weighted by Gasteiger charge is -2.17. The van der Waals surface area contributed by atoms with E-state index in [0.717, 1.165) is 0 Å². The van der Waals surface area contributed by atoms with Crippen molar-refractivity contribution in [3.8, 4) is 5.88 Å². The minimum absolute atomic E-state index is 0.0985. The number of rotatable bonds is 6. The fraction of sp³-hybridized carbons (Fsp3) is 0.375. The number of nitrogens with zero attached hydrogens (tertiary/aromatic N) is 2. The van der Waals surface area contributed by atoms with Crippen molar-refractivity contribution in [2.75, 3.05) is 17.7 Å². The van der Waals surface area contributed by atoms with E-state index in [4.69, 9.17) is 10.5 Å². The maximum absolute atomic E-state index is 6.08. The first-order valence-corrected chi connectivity index (χ1v) is 7.12. The lowest BCUT2D eigenvalue weighted by atomic mass is 10.1. The van der Waals surface area contributed by atoms with E-state index in [2.05, 4.69) is 48.2 Å². The molecule has 0 bridgehead atoms. The number of hydrogen-bond donors (Lipinski definition) is 2. The maximum atomic E-state index is 6.08. The Bertz CT molecular complexity index is 572. The van der Waals surface area contributed by atoms with Gasteiger partial charge in [0.25, 0.3) is 0 Å². The average molecular weight is 286 g/mol. The number of nitrogen functional groups attached to an aromatic ring is 1. The van der Waals surface area contributed by atoms with Crippen LogP contribution in [0.1, 0.15) is 32.4 Å². The van der Waals surface area contributed by atoms with Crippen molar-refractivity contribution in [2.24, 2.45) is 5.92 Å². The van der Waals surface area contributed by atoms with Gasteiger partial charge in [-0.2, -0.15) is 4.98 Å². The first kappa shape index (κ1) is 15.1. The molecule has 0 amide bonds. The summed E-state index contributed by atoms with van der Waals surface area (Å²) in [5, 5.41) is 3.30. The van der Waals surface area contributed by atoms with Gasteiger partial charge in [-0.1, -0.05) is 44.2 Å². The second-order valence-electron chi connectivity index (χ2n) is 5.42. The fourth-order valence-corrected chi connectivity index (χ4v) is 1.89. The van der Waals surface area contributed by atoms with Gasteiger partial charge in [0.05, 0.1) is 12.6 Å². The Morgan fingerprint density at radius 3 is 2.52 bits per heavy atom. The van der Waals surface area contributed by atoms with Crippen LogP contribution >= 0.6 is 0 Å². The van der Waals surface area contributed by atoms with Crippen molar-refractivity contribution in [1.29, 1.82) is 0 Å². The zero-order valence-corrected chi connectivity index (χ0v) is 12.7. The highest BCUT2D eigenvalue weighted by Gasteiger charge is 2.13. The van der Waals surface area contributed by atoms with Crippen molar-refractivity contribution in [2.45, 2.75) is 26.8 Å². The number of nitrogens with two attached hydrogens (primary N) is 1. The zero-order chi connectivity index (χ0) is 15.2. The predicted molar refractivity (Wildman–Crippen MR) is 85.3 cm³/mol. The molecule has 112 valence electrons. The van der Waals surface area contributed by atoms with Crippen molar-refractivity contribution in [3.63, 3.8) is 0 Å². The van der Waals surface area contributed by atoms with Gasteiger partial charge in [-0.15, -0.1) is 0 Å². The van der Waals surface area contributed by atoms with Gasteiger partial charge in [0.2, 0.25) is 5.88 Å². The van der Waals surface area contributed by atoms with Crippen LogP contribution in [0.2, 0.25) is 0 Å². The van der Waals surface area contributed by atoms with E-state index in [-0.39, 0.29) is 6.04 Å².